The van der Waals surface area contributed by atoms with Gasteiger partial charge in [0.2, 0.25) is 0 Å². The van der Waals surface area contributed by atoms with Crippen LogP contribution in [0.15, 0.2) is 35.2 Å². The second-order valence-corrected chi connectivity index (χ2v) is 5.43. The highest BCUT2D eigenvalue weighted by molar-refractivity contribution is 7.07. The molecule has 0 radical (unpaired) electrons. The topological polar surface area (TPSA) is 68.0 Å². The molecule has 1 unspecified atom stereocenters. The lowest BCUT2D eigenvalue weighted by Crippen LogP contribution is -2.34. The molecule has 108 valence electrons. The van der Waals surface area contributed by atoms with E-state index < -0.39 is 0 Å². The molecule has 0 bridgehead atoms. The van der Waals surface area contributed by atoms with Gasteiger partial charge >= 0.3 is 0 Å². The molecular weight excluding hydrogens is 282 g/mol. The van der Waals surface area contributed by atoms with E-state index in [0.717, 1.165) is 12.0 Å². The van der Waals surface area contributed by atoms with Crippen molar-refractivity contribution in [1.29, 1.82) is 0 Å². The van der Waals surface area contributed by atoms with Crippen LogP contribution in [0.5, 0.6) is 0 Å². The number of nitrogens with two attached hydrogens (primary N) is 1. The Morgan fingerprint density at radius 1 is 1.48 bits per heavy atom. The molecule has 0 saturated heterocycles. The first-order chi connectivity index (χ1) is 10.2. The Hall–Kier alpha value is -2.16. The Morgan fingerprint density at radius 3 is 2.95 bits per heavy atom. The number of thiophene rings is 1. The van der Waals surface area contributed by atoms with E-state index in [1.807, 2.05) is 12.3 Å². The minimum Gasteiger partial charge on any atom is -0.348 e. The van der Waals surface area contributed by atoms with Gasteiger partial charge in [-0.2, -0.15) is 11.3 Å². The molecule has 2 heterocycles. The van der Waals surface area contributed by atoms with Crippen molar-refractivity contribution in [2.75, 3.05) is 6.54 Å². The molecule has 0 aliphatic carbocycles. The van der Waals surface area contributed by atoms with Gasteiger partial charge in [0.05, 0.1) is 6.54 Å². The predicted octanol–water partition coefficient (Wildman–Crippen LogP) is 1.81. The summed E-state index contributed by atoms with van der Waals surface area (Å²) in [5, 5.41) is 7.07. The number of carbonyl (C=O) groups excluding carboxylic acids is 1. The Bertz CT molecular complexity index is 638. The van der Waals surface area contributed by atoms with E-state index in [9.17, 15) is 4.79 Å². The van der Waals surface area contributed by atoms with Crippen molar-refractivity contribution in [3.63, 3.8) is 0 Å². The van der Waals surface area contributed by atoms with Crippen LogP contribution in [0.2, 0.25) is 0 Å². The number of amides is 1. The third-order valence-corrected chi connectivity index (χ3v) is 3.56. The van der Waals surface area contributed by atoms with E-state index in [1.54, 1.807) is 29.7 Å². The third-order valence-electron chi connectivity index (χ3n) is 2.83. The van der Waals surface area contributed by atoms with Gasteiger partial charge in [-0.05, 0) is 47.9 Å². The maximum atomic E-state index is 12.1. The fourth-order valence-corrected chi connectivity index (χ4v) is 2.55. The van der Waals surface area contributed by atoms with Crippen LogP contribution < -0.4 is 11.1 Å². The summed E-state index contributed by atoms with van der Waals surface area (Å²) in [5.74, 6) is 5.45. The molecule has 0 aliphatic heterocycles. The number of aromatic nitrogens is 1. The Kier molecular flexibility index (Phi) is 5.50. The average molecular weight is 299 g/mol. The van der Waals surface area contributed by atoms with Crippen LogP contribution in [0.1, 0.15) is 28.5 Å². The molecule has 2 aromatic heterocycles. The van der Waals surface area contributed by atoms with Gasteiger partial charge < -0.3 is 11.1 Å². The zero-order valence-electron chi connectivity index (χ0n) is 11.8. The summed E-state index contributed by atoms with van der Waals surface area (Å²) >= 11 is 1.66. The summed E-state index contributed by atoms with van der Waals surface area (Å²) in [5.41, 5.74) is 7.68. The molecule has 0 aliphatic rings. The SMILES string of the molecule is CC(Cc1ccsc1)NC(=O)c1ccc(C#CCN)cn1. The van der Waals surface area contributed by atoms with Gasteiger partial charge in [-0.3, -0.25) is 4.79 Å². The van der Waals surface area contributed by atoms with Crippen LogP contribution in [-0.4, -0.2) is 23.5 Å². The van der Waals surface area contributed by atoms with E-state index >= 15 is 0 Å². The number of carbonyl (C=O) groups is 1. The maximum absolute atomic E-state index is 12.1. The fourth-order valence-electron chi connectivity index (χ4n) is 1.87. The quantitative estimate of drug-likeness (QED) is 0.846. The first-order valence-electron chi connectivity index (χ1n) is 6.66. The minimum absolute atomic E-state index is 0.0607. The molecule has 2 aromatic rings. The van der Waals surface area contributed by atoms with Crippen LogP contribution in [0.3, 0.4) is 0 Å². The molecule has 5 heteroatoms. The summed E-state index contributed by atoms with van der Waals surface area (Å²) in [6.07, 6.45) is 2.40. The first kappa shape index (κ1) is 15.2. The second kappa shape index (κ2) is 7.58. The van der Waals surface area contributed by atoms with Gasteiger partial charge in [0.15, 0.2) is 0 Å². The van der Waals surface area contributed by atoms with Crippen molar-refractivity contribution in [3.8, 4) is 11.8 Å². The van der Waals surface area contributed by atoms with Gasteiger partial charge in [-0.15, -0.1) is 0 Å². The first-order valence-corrected chi connectivity index (χ1v) is 7.60. The maximum Gasteiger partial charge on any atom is 0.270 e. The Labute approximate surface area is 128 Å². The van der Waals surface area contributed by atoms with Gasteiger partial charge in [0, 0.05) is 17.8 Å². The average Bonchev–Trinajstić information content (AvgIpc) is 2.98. The standard InChI is InChI=1S/C16H17N3OS/c1-12(9-14-6-8-21-11-14)19-16(20)15-5-4-13(10-18-15)3-2-7-17/h4-6,8,10-12H,7,9,17H2,1H3,(H,19,20). The summed E-state index contributed by atoms with van der Waals surface area (Å²) in [6, 6.07) is 5.57. The number of nitrogens with one attached hydrogen (secondary N) is 1. The summed E-state index contributed by atoms with van der Waals surface area (Å²) in [7, 11) is 0. The lowest BCUT2D eigenvalue weighted by atomic mass is 10.1. The van der Waals surface area contributed by atoms with Gasteiger partial charge in [-0.25, -0.2) is 4.98 Å². The van der Waals surface area contributed by atoms with E-state index in [2.05, 4.69) is 33.6 Å². The molecule has 0 saturated carbocycles. The lowest BCUT2D eigenvalue weighted by molar-refractivity contribution is 0.0935. The van der Waals surface area contributed by atoms with E-state index in [1.165, 1.54) is 5.56 Å². The Balaban J connectivity index is 1.93. The summed E-state index contributed by atoms with van der Waals surface area (Å²) in [4.78, 5) is 16.2. The number of pyridine rings is 1. The van der Waals surface area contributed by atoms with Crippen LogP contribution in [-0.2, 0) is 6.42 Å². The molecular formula is C16H17N3OS. The molecule has 3 N–H and O–H groups in total. The number of rotatable bonds is 4. The highest BCUT2D eigenvalue weighted by Gasteiger charge is 2.11. The van der Waals surface area contributed by atoms with Crippen LogP contribution in [0.4, 0.5) is 0 Å². The zero-order valence-corrected chi connectivity index (χ0v) is 12.6. The third kappa shape index (κ3) is 4.71. The van der Waals surface area contributed by atoms with Gasteiger partial charge in [0.25, 0.3) is 5.91 Å². The fraction of sp³-hybridized carbons (Fsp3) is 0.250. The summed E-state index contributed by atoms with van der Waals surface area (Å²) in [6.45, 7) is 2.29. The monoisotopic (exact) mass is 299 g/mol. The highest BCUT2D eigenvalue weighted by Crippen LogP contribution is 2.09. The summed E-state index contributed by atoms with van der Waals surface area (Å²) < 4.78 is 0. The molecule has 2 rings (SSSR count). The molecule has 0 aromatic carbocycles. The number of nitrogens with zero attached hydrogens (tertiary/aromatic N) is 1. The molecule has 1 atom stereocenters. The van der Waals surface area contributed by atoms with E-state index in [0.29, 0.717) is 12.2 Å². The smallest absolute Gasteiger partial charge is 0.270 e. The van der Waals surface area contributed by atoms with Crippen LogP contribution >= 0.6 is 11.3 Å². The number of hydrogen-bond acceptors (Lipinski definition) is 4. The predicted molar refractivity (Wildman–Crippen MR) is 85.1 cm³/mol. The minimum atomic E-state index is -0.170. The normalized spacial score (nSPS) is 11.3. The Morgan fingerprint density at radius 2 is 2.33 bits per heavy atom. The largest absolute Gasteiger partial charge is 0.348 e. The molecule has 0 fully saturated rings. The second-order valence-electron chi connectivity index (χ2n) is 4.65. The van der Waals surface area contributed by atoms with Crippen LogP contribution in [0, 0.1) is 11.8 Å². The van der Waals surface area contributed by atoms with Crippen molar-refractivity contribution in [3.05, 3.63) is 52.0 Å². The van der Waals surface area contributed by atoms with Gasteiger partial charge in [0.1, 0.15) is 5.69 Å². The van der Waals surface area contributed by atoms with Crippen molar-refractivity contribution in [1.82, 2.24) is 10.3 Å². The molecule has 4 nitrogen and oxygen atoms in total. The highest BCUT2D eigenvalue weighted by atomic mass is 32.1. The lowest BCUT2D eigenvalue weighted by Gasteiger charge is -2.12. The molecule has 1 amide bonds. The van der Waals surface area contributed by atoms with Crippen molar-refractivity contribution >= 4 is 17.2 Å². The van der Waals surface area contributed by atoms with Crippen LogP contribution in [0.25, 0.3) is 0 Å². The van der Waals surface area contributed by atoms with Crippen molar-refractivity contribution < 1.29 is 4.79 Å². The van der Waals surface area contributed by atoms with Crippen molar-refractivity contribution in [2.45, 2.75) is 19.4 Å². The van der Waals surface area contributed by atoms with E-state index in [-0.39, 0.29) is 11.9 Å². The zero-order chi connectivity index (χ0) is 15.1. The van der Waals surface area contributed by atoms with Crippen molar-refractivity contribution in [2.24, 2.45) is 5.73 Å². The number of hydrogen-bond donors (Lipinski definition) is 2. The molecule has 21 heavy (non-hydrogen) atoms. The van der Waals surface area contributed by atoms with Gasteiger partial charge in [-0.1, -0.05) is 11.8 Å². The van der Waals surface area contributed by atoms with E-state index in [4.69, 9.17) is 5.73 Å². The molecule has 0 spiro atoms.